The van der Waals surface area contributed by atoms with Crippen molar-refractivity contribution in [1.29, 1.82) is 0 Å². The number of piperidine rings is 1. The Morgan fingerprint density at radius 1 is 1.17 bits per heavy atom. The monoisotopic (exact) mass is 489 g/mol. The zero-order chi connectivity index (χ0) is 24.9. The summed E-state index contributed by atoms with van der Waals surface area (Å²) in [4.78, 5) is 29.0. The summed E-state index contributed by atoms with van der Waals surface area (Å²) in [6.07, 6.45) is 5.28. The van der Waals surface area contributed by atoms with Gasteiger partial charge in [0.15, 0.2) is 0 Å². The van der Waals surface area contributed by atoms with Gasteiger partial charge in [-0.3, -0.25) is 4.79 Å². The Kier molecular flexibility index (Phi) is 7.81. The summed E-state index contributed by atoms with van der Waals surface area (Å²) in [6.45, 7) is 7.70. The highest BCUT2D eigenvalue weighted by Gasteiger charge is 2.23. The number of hydrogen-bond donors (Lipinski definition) is 0. The van der Waals surface area contributed by atoms with Crippen LogP contribution in [0.15, 0.2) is 59.2 Å². The Hall–Kier alpha value is -3.25. The molecule has 0 N–H and O–H groups in total. The Balaban J connectivity index is 1.39. The molecule has 1 aliphatic heterocycles. The third kappa shape index (κ3) is 5.88. The number of hydrogen-bond acceptors (Lipinski definition) is 5. The molecule has 35 heavy (non-hydrogen) atoms. The van der Waals surface area contributed by atoms with Gasteiger partial charge in [0, 0.05) is 49.0 Å². The van der Waals surface area contributed by atoms with Crippen LogP contribution in [-0.2, 0) is 11.2 Å². The Morgan fingerprint density at radius 3 is 2.63 bits per heavy atom. The SMILES string of the molecule is CC(=C/C=O)/N=C(/C)N(C)c1ccc(N2CCC(Cc3nc(C)c4ccccc4n3)CC2)c(Cl)c1. The number of aliphatic imine (C=N–C) groups is 1. The molecule has 0 amide bonds. The average molecular weight is 490 g/mol. The zero-order valence-electron chi connectivity index (χ0n) is 20.8. The maximum atomic E-state index is 10.7. The summed E-state index contributed by atoms with van der Waals surface area (Å²) in [5.41, 5.74) is 4.76. The second kappa shape index (κ2) is 11.0. The fourth-order valence-corrected chi connectivity index (χ4v) is 4.93. The summed E-state index contributed by atoms with van der Waals surface area (Å²) < 4.78 is 0. The van der Waals surface area contributed by atoms with Crippen molar-refractivity contribution >= 4 is 46.0 Å². The van der Waals surface area contributed by atoms with Gasteiger partial charge in [0.1, 0.15) is 17.9 Å². The molecule has 3 aromatic rings. The lowest BCUT2D eigenvalue weighted by molar-refractivity contribution is -0.104. The molecule has 1 fully saturated rings. The Bertz CT molecular complexity index is 1280. The molecule has 0 spiro atoms. The van der Waals surface area contributed by atoms with Crippen molar-refractivity contribution in [3.05, 3.63) is 70.8 Å². The molecule has 4 rings (SSSR count). The van der Waals surface area contributed by atoms with Gasteiger partial charge < -0.3 is 9.80 Å². The van der Waals surface area contributed by atoms with E-state index in [1.807, 2.05) is 37.1 Å². The molecule has 6 nitrogen and oxygen atoms in total. The van der Waals surface area contributed by atoms with Gasteiger partial charge in [-0.15, -0.1) is 0 Å². The van der Waals surface area contributed by atoms with E-state index in [9.17, 15) is 4.79 Å². The van der Waals surface area contributed by atoms with Crippen molar-refractivity contribution in [1.82, 2.24) is 9.97 Å². The predicted molar refractivity (Wildman–Crippen MR) is 146 cm³/mol. The third-order valence-corrected chi connectivity index (χ3v) is 7.02. The number of benzene rings is 2. The lowest BCUT2D eigenvalue weighted by atomic mass is 9.92. The number of aryl methyl sites for hydroxylation is 1. The van der Waals surface area contributed by atoms with Crippen molar-refractivity contribution < 1.29 is 4.79 Å². The fraction of sp³-hybridized carbons (Fsp3) is 0.357. The Morgan fingerprint density at radius 2 is 1.91 bits per heavy atom. The van der Waals surface area contributed by atoms with E-state index in [0.29, 0.717) is 11.6 Å². The third-order valence-electron chi connectivity index (χ3n) is 6.72. The topological polar surface area (TPSA) is 61.7 Å². The van der Waals surface area contributed by atoms with Crippen LogP contribution in [0.1, 0.15) is 38.2 Å². The first kappa shape index (κ1) is 24.9. The van der Waals surface area contributed by atoms with E-state index in [4.69, 9.17) is 21.6 Å². The number of anilines is 2. The van der Waals surface area contributed by atoms with Gasteiger partial charge >= 0.3 is 0 Å². The van der Waals surface area contributed by atoms with Gasteiger partial charge in [-0.25, -0.2) is 15.0 Å². The Labute approximate surface area is 212 Å². The minimum atomic E-state index is 0.567. The number of aldehydes is 1. The molecule has 1 aliphatic rings. The lowest BCUT2D eigenvalue weighted by Gasteiger charge is -2.34. The average Bonchev–Trinajstić information content (AvgIpc) is 2.84. The normalized spacial score (nSPS) is 15.5. The van der Waals surface area contributed by atoms with Crippen LogP contribution in [0, 0.1) is 12.8 Å². The number of fused-ring (bicyclic) bond motifs is 1. The van der Waals surface area contributed by atoms with E-state index < -0.39 is 0 Å². The van der Waals surface area contributed by atoms with Gasteiger partial charge in [0.2, 0.25) is 0 Å². The quantitative estimate of drug-likeness (QED) is 0.184. The number of nitrogens with zero attached hydrogens (tertiary/aromatic N) is 5. The van der Waals surface area contributed by atoms with Crippen LogP contribution in [-0.4, -0.2) is 42.2 Å². The number of halogens is 1. The smallest absolute Gasteiger partial charge is 0.144 e. The molecule has 1 saturated heterocycles. The predicted octanol–water partition coefficient (Wildman–Crippen LogP) is 6.01. The van der Waals surface area contributed by atoms with Gasteiger partial charge in [0.05, 0.1) is 16.2 Å². The molecule has 0 unspecified atom stereocenters. The summed E-state index contributed by atoms with van der Waals surface area (Å²) in [5, 5.41) is 1.86. The first-order chi connectivity index (χ1) is 16.9. The van der Waals surface area contributed by atoms with Crippen molar-refractivity contribution in [3.63, 3.8) is 0 Å². The summed E-state index contributed by atoms with van der Waals surface area (Å²) in [7, 11) is 1.94. The number of carbonyl (C=O) groups is 1. The first-order valence-corrected chi connectivity index (χ1v) is 12.4. The standard InChI is InChI=1S/C28H32ClN5O/c1-19(13-16-35)30-21(3)33(4)23-9-10-27(25(29)18-23)34-14-11-22(12-15-34)17-28-31-20(2)24-7-5-6-8-26(24)32-28/h5-10,13,16,18,22H,11-12,14-15,17H2,1-4H3/b19-13-,30-21-. The fourth-order valence-electron chi connectivity index (χ4n) is 4.64. The van der Waals surface area contributed by atoms with Crippen molar-refractivity contribution in [2.75, 3.05) is 29.9 Å². The zero-order valence-corrected chi connectivity index (χ0v) is 21.6. The second-order valence-corrected chi connectivity index (χ2v) is 9.58. The molecule has 0 radical (unpaired) electrons. The summed E-state index contributed by atoms with van der Waals surface area (Å²) in [5.74, 6) is 2.30. The maximum Gasteiger partial charge on any atom is 0.144 e. The van der Waals surface area contributed by atoms with Crippen molar-refractivity contribution in [3.8, 4) is 0 Å². The highest BCUT2D eigenvalue weighted by molar-refractivity contribution is 6.33. The second-order valence-electron chi connectivity index (χ2n) is 9.17. The van der Waals surface area contributed by atoms with Crippen molar-refractivity contribution in [2.24, 2.45) is 10.9 Å². The van der Waals surface area contributed by atoms with Gasteiger partial charge in [0.25, 0.3) is 0 Å². The van der Waals surface area contributed by atoms with Gasteiger partial charge in [-0.1, -0.05) is 29.8 Å². The molecule has 0 atom stereocenters. The van der Waals surface area contributed by atoms with Crippen LogP contribution in [0.4, 0.5) is 11.4 Å². The van der Waals surface area contributed by atoms with Crippen LogP contribution >= 0.6 is 11.6 Å². The molecule has 0 saturated carbocycles. The van der Waals surface area contributed by atoms with Crippen LogP contribution in [0.25, 0.3) is 10.9 Å². The van der Waals surface area contributed by atoms with Crippen LogP contribution in [0.3, 0.4) is 0 Å². The minimum absolute atomic E-state index is 0.567. The van der Waals surface area contributed by atoms with E-state index in [2.05, 4.69) is 41.1 Å². The molecule has 0 bridgehead atoms. The summed E-state index contributed by atoms with van der Waals surface area (Å²) in [6, 6.07) is 14.3. The molecule has 2 heterocycles. The minimum Gasteiger partial charge on any atom is -0.370 e. The lowest BCUT2D eigenvalue weighted by Crippen LogP contribution is -2.34. The summed E-state index contributed by atoms with van der Waals surface area (Å²) >= 11 is 6.72. The van der Waals surface area contributed by atoms with Gasteiger partial charge in [-0.2, -0.15) is 0 Å². The number of allylic oxidation sites excluding steroid dienone is 2. The van der Waals surface area contributed by atoms with E-state index in [0.717, 1.165) is 83.3 Å². The highest BCUT2D eigenvalue weighted by atomic mass is 35.5. The molecular formula is C28H32ClN5O. The molecule has 1 aromatic heterocycles. The molecular weight excluding hydrogens is 458 g/mol. The molecule has 0 aliphatic carbocycles. The number of carbonyl (C=O) groups excluding carboxylic acids is 1. The van der Waals surface area contributed by atoms with Crippen LogP contribution < -0.4 is 9.80 Å². The van der Waals surface area contributed by atoms with E-state index in [-0.39, 0.29) is 0 Å². The van der Waals surface area contributed by atoms with Crippen molar-refractivity contribution in [2.45, 2.75) is 40.0 Å². The van der Waals surface area contributed by atoms with E-state index in [1.54, 1.807) is 6.92 Å². The molecule has 7 heteroatoms. The van der Waals surface area contributed by atoms with Crippen LogP contribution in [0.5, 0.6) is 0 Å². The number of aromatic nitrogens is 2. The molecule has 2 aromatic carbocycles. The first-order valence-electron chi connectivity index (χ1n) is 12.0. The van der Waals surface area contributed by atoms with Crippen LogP contribution in [0.2, 0.25) is 5.02 Å². The maximum absolute atomic E-state index is 10.7. The largest absolute Gasteiger partial charge is 0.370 e. The van der Waals surface area contributed by atoms with E-state index in [1.165, 1.54) is 6.08 Å². The van der Waals surface area contributed by atoms with E-state index >= 15 is 0 Å². The van der Waals surface area contributed by atoms with Gasteiger partial charge in [-0.05, 0) is 69.9 Å². The number of para-hydroxylation sites is 1. The number of amidine groups is 1. The number of rotatable bonds is 6. The molecule has 182 valence electrons. The highest BCUT2D eigenvalue weighted by Crippen LogP contribution is 2.33.